The Balaban J connectivity index is 0.000000201. The van der Waals surface area contributed by atoms with Gasteiger partial charge in [0.2, 0.25) is 0 Å². The van der Waals surface area contributed by atoms with E-state index in [1.54, 1.807) is 0 Å². The van der Waals surface area contributed by atoms with Crippen molar-refractivity contribution in [2.45, 2.75) is 63.3 Å². The number of amides is 3. The zero-order valence-corrected chi connectivity index (χ0v) is 42.0. The lowest BCUT2D eigenvalue weighted by molar-refractivity contribution is -0.142. The first-order chi connectivity index (χ1) is 36.5. The lowest BCUT2D eigenvalue weighted by atomic mass is 10.0. The minimum Gasteiger partial charge on any atom is -0.443 e. The molecule has 0 fully saturated rings. The number of nitrogens with zero attached hydrogens (tertiary/aromatic N) is 4. The number of alkyl carbamates (subject to hydrolysis) is 1. The van der Waals surface area contributed by atoms with Crippen LogP contribution >= 0.6 is 35.6 Å². The molecule has 14 nitrogen and oxygen atoms in total. The highest BCUT2D eigenvalue weighted by Crippen LogP contribution is 2.37. The molecule has 9 rings (SSSR count). The second-order valence-electron chi connectivity index (χ2n) is 16.6. The number of carbonyl (C=O) groups is 4. The standard InChI is InChI=1S/C24H17ClF5N3O3.C16H13ClF2N2O.C11H8F3N3O2.ClH/c25-16-10-12(4-7-17(16)26)32-22(34)15-5-8-18(27)21-14(15)6-9-19(21)33-23(35)36-11-13-2-1-3-20(31-13)24(28,29)30;17-11-7-8(1-4-12(11)18)21-16(22)10-2-5-13(19)15-9(10)3-6-14(15)20;12-11(13,14)9-3-1-2-8(16-9)6-19-10(18)17-5-4-15-7-17;/h1-5,7-8,10,19H,6,9,11H2,(H,32,34)(H,33,35);1-2,4-5,7,14H,3,6,20H2,(H,21,22);1-5,7H,6H2;1H/t19-;14-;;/m00../s1. The molecule has 5 N–H and O–H groups in total. The minimum absolute atomic E-state index is 0. The quantitative estimate of drug-likeness (QED) is 0.101. The number of halogens is 13. The Morgan fingerprint density at radius 3 is 1.60 bits per heavy atom. The summed E-state index contributed by atoms with van der Waals surface area (Å²) in [5.41, 5.74) is 6.32. The van der Waals surface area contributed by atoms with Crippen LogP contribution in [0.25, 0.3) is 0 Å². The van der Waals surface area contributed by atoms with Crippen LogP contribution in [-0.2, 0) is 47.9 Å². The molecule has 3 aromatic heterocycles. The monoisotopic (exact) mass is 1150 g/mol. The Hall–Kier alpha value is -7.80. The molecule has 2 atom stereocenters. The van der Waals surface area contributed by atoms with Gasteiger partial charge >= 0.3 is 24.5 Å². The average Bonchev–Trinajstić information content (AvgIpc) is 4.19. The molecular weight excluding hydrogens is 1120 g/mol. The summed E-state index contributed by atoms with van der Waals surface area (Å²) in [5, 5.41) is 7.43. The highest BCUT2D eigenvalue weighted by atomic mass is 35.5. The summed E-state index contributed by atoms with van der Waals surface area (Å²) in [6, 6.07) is 18.0. The number of hydrogen-bond donors (Lipinski definition) is 4. The van der Waals surface area contributed by atoms with E-state index in [9.17, 15) is 63.1 Å². The first-order valence-electron chi connectivity index (χ1n) is 22.5. The van der Waals surface area contributed by atoms with Crippen molar-refractivity contribution in [2.75, 3.05) is 10.6 Å². The van der Waals surface area contributed by atoms with Crippen molar-refractivity contribution in [1.82, 2.24) is 24.8 Å². The topological polar surface area (TPSA) is 192 Å². The largest absolute Gasteiger partial charge is 0.443 e. The number of imidazole rings is 1. The van der Waals surface area contributed by atoms with E-state index >= 15 is 0 Å². The van der Waals surface area contributed by atoms with Crippen molar-refractivity contribution in [3.05, 3.63) is 205 Å². The molecule has 0 bridgehead atoms. The van der Waals surface area contributed by atoms with E-state index in [2.05, 4.69) is 30.9 Å². The van der Waals surface area contributed by atoms with Crippen LogP contribution in [0, 0.1) is 23.3 Å². The number of pyridine rings is 2. The Kier molecular flexibility index (Phi) is 19.5. The molecular formula is C51H39Cl3F10N8O6. The van der Waals surface area contributed by atoms with Gasteiger partial charge in [-0.25, -0.2) is 46.7 Å². The van der Waals surface area contributed by atoms with Crippen LogP contribution in [0.4, 0.5) is 64.9 Å². The maximum atomic E-state index is 14.7. The number of carbonyl (C=O) groups excluding carboxylic acids is 4. The fraction of sp³-hybridized carbons (Fsp3) is 0.196. The summed E-state index contributed by atoms with van der Waals surface area (Å²) in [7, 11) is 0. The number of anilines is 2. The third-order valence-electron chi connectivity index (χ3n) is 11.5. The van der Waals surface area contributed by atoms with Crippen LogP contribution in [0.3, 0.4) is 0 Å². The van der Waals surface area contributed by atoms with E-state index in [0.29, 0.717) is 40.8 Å². The zero-order chi connectivity index (χ0) is 55.8. The summed E-state index contributed by atoms with van der Waals surface area (Å²) >= 11 is 11.4. The first-order valence-corrected chi connectivity index (χ1v) is 23.3. The minimum atomic E-state index is -4.64. The van der Waals surface area contributed by atoms with E-state index in [1.165, 1.54) is 85.5 Å². The van der Waals surface area contributed by atoms with Gasteiger partial charge in [0, 0.05) is 52.1 Å². The summed E-state index contributed by atoms with van der Waals surface area (Å²) in [6.45, 7) is -0.874. The van der Waals surface area contributed by atoms with Gasteiger partial charge in [0.1, 0.15) is 54.2 Å². The number of ether oxygens (including phenoxy) is 2. The molecule has 0 radical (unpaired) electrons. The van der Waals surface area contributed by atoms with Crippen LogP contribution in [0.15, 0.2) is 116 Å². The lowest BCUT2D eigenvalue weighted by Gasteiger charge is -2.16. The zero-order valence-electron chi connectivity index (χ0n) is 39.6. The summed E-state index contributed by atoms with van der Waals surface area (Å²) < 4.78 is 141. The number of fused-ring (bicyclic) bond motifs is 2. The maximum absolute atomic E-state index is 14.7. The molecule has 0 saturated heterocycles. The smallest absolute Gasteiger partial charge is 0.433 e. The highest BCUT2D eigenvalue weighted by Gasteiger charge is 2.35. The van der Waals surface area contributed by atoms with Gasteiger partial charge in [0.05, 0.1) is 27.5 Å². The van der Waals surface area contributed by atoms with Crippen molar-refractivity contribution in [3.63, 3.8) is 0 Å². The number of benzene rings is 4. The summed E-state index contributed by atoms with van der Waals surface area (Å²) in [5.74, 6) is -3.22. The van der Waals surface area contributed by atoms with E-state index < -0.39 is 77.8 Å². The summed E-state index contributed by atoms with van der Waals surface area (Å²) in [6.07, 6.45) is -5.23. The van der Waals surface area contributed by atoms with Crippen molar-refractivity contribution < 1.29 is 72.6 Å². The Labute approximate surface area is 451 Å². The van der Waals surface area contributed by atoms with E-state index in [1.807, 2.05) is 0 Å². The molecule has 0 aliphatic heterocycles. The van der Waals surface area contributed by atoms with Crippen LogP contribution in [0.1, 0.15) is 90.7 Å². The van der Waals surface area contributed by atoms with Crippen LogP contribution in [-0.4, -0.2) is 43.5 Å². The predicted octanol–water partition coefficient (Wildman–Crippen LogP) is 12.9. The van der Waals surface area contributed by atoms with Gasteiger partial charge in [-0.2, -0.15) is 26.3 Å². The van der Waals surface area contributed by atoms with Gasteiger partial charge in [-0.1, -0.05) is 35.3 Å². The Bertz CT molecular complexity index is 3340. The molecule has 3 amide bonds. The van der Waals surface area contributed by atoms with Crippen LogP contribution in [0.2, 0.25) is 10.0 Å². The number of hydrogen-bond acceptors (Lipinski definition) is 10. The van der Waals surface area contributed by atoms with Gasteiger partial charge in [0.25, 0.3) is 11.8 Å². The number of aromatic nitrogens is 4. The second-order valence-corrected chi connectivity index (χ2v) is 17.5. The second kappa shape index (κ2) is 25.6. The molecule has 0 spiro atoms. The fourth-order valence-corrected chi connectivity index (χ4v) is 8.28. The SMILES string of the molecule is Cl.N[C@H]1CCc2c(C(=O)Nc3ccc(F)c(Cl)c3)ccc(F)c21.O=C(N[C@H]1CCc2c(C(=O)Nc3ccc(F)c(Cl)c3)ccc(F)c21)OCc1cccc(C(F)(F)F)n1.O=C(OCc1cccc(C(F)(F)F)n1)n1ccnc1. The van der Waals surface area contributed by atoms with Gasteiger partial charge in [-0.15, -0.1) is 12.4 Å². The predicted molar refractivity (Wildman–Crippen MR) is 265 cm³/mol. The molecule has 2 aliphatic rings. The fourth-order valence-electron chi connectivity index (χ4n) is 7.92. The first kappa shape index (κ1) is 59.4. The molecule has 410 valence electrons. The van der Waals surface area contributed by atoms with Crippen LogP contribution in [0.5, 0.6) is 0 Å². The Morgan fingerprint density at radius 2 is 1.12 bits per heavy atom. The molecule has 0 unspecified atom stereocenters. The van der Waals surface area contributed by atoms with Gasteiger partial charge in [-0.3, -0.25) is 9.59 Å². The van der Waals surface area contributed by atoms with Crippen molar-refractivity contribution in [2.24, 2.45) is 5.73 Å². The molecule has 7 aromatic rings. The number of rotatable bonds is 9. The molecule has 0 saturated carbocycles. The molecule has 27 heteroatoms. The highest BCUT2D eigenvalue weighted by molar-refractivity contribution is 6.31. The van der Waals surface area contributed by atoms with Gasteiger partial charge in [0.15, 0.2) is 0 Å². The Morgan fingerprint density at radius 1 is 0.641 bits per heavy atom. The summed E-state index contributed by atoms with van der Waals surface area (Å²) in [4.78, 5) is 59.3. The number of alkyl halides is 6. The maximum Gasteiger partial charge on any atom is 0.433 e. The molecule has 4 aromatic carbocycles. The third kappa shape index (κ3) is 15.0. The average molecular weight is 1160 g/mol. The van der Waals surface area contributed by atoms with Crippen LogP contribution < -0.4 is 21.7 Å². The molecule has 78 heavy (non-hydrogen) atoms. The lowest BCUT2D eigenvalue weighted by Crippen LogP contribution is -2.28. The normalized spacial score (nSPS) is 14.2. The molecule has 2 aliphatic carbocycles. The van der Waals surface area contributed by atoms with Crippen molar-refractivity contribution in [1.29, 1.82) is 0 Å². The third-order valence-corrected chi connectivity index (χ3v) is 12.0. The molecule has 3 heterocycles. The number of nitrogens with two attached hydrogens (primary N) is 1. The van der Waals surface area contributed by atoms with Crippen molar-refractivity contribution >= 4 is 71.0 Å². The number of nitrogens with one attached hydrogen (secondary N) is 3. The van der Waals surface area contributed by atoms with Crippen molar-refractivity contribution in [3.8, 4) is 0 Å². The van der Waals surface area contributed by atoms with Gasteiger partial charge in [-0.05, 0) is 122 Å². The van der Waals surface area contributed by atoms with E-state index in [-0.39, 0.29) is 82.0 Å². The van der Waals surface area contributed by atoms with E-state index in [4.69, 9.17) is 38.4 Å². The van der Waals surface area contributed by atoms with E-state index in [0.717, 1.165) is 34.9 Å². The van der Waals surface area contributed by atoms with Gasteiger partial charge < -0.3 is 31.2 Å².